The molecule has 0 aromatic heterocycles. The topological polar surface area (TPSA) is 302 Å². The van der Waals surface area contributed by atoms with Crippen LogP contribution in [-0.4, -0.2) is 181 Å². The lowest BCUT2D eigenvalue weighted by molar-refractivity contribution is -0.385. The summed E-state index contributed by atoms with van der Waals surface area (Å²) in [5, 5.41) is 145. The maximum Gasteiger partial charge on any atom is 0.150 e. The van der Waals surface area contributed by atoms with Gasteiger partial charge in [0.2, 0.25) is 0 Å². The van der Waals surface area contributed by atoms with Crippen LogP contribution in [0, 0.1) is 0 Å². The molecule has 34 heavy (non-hydrogen) atoms. The number of aliphatic hydroxyl groups is 14. The molecule has 200 valence electrons. The fraction of sp³-hybridized carbons (Fsp3) is 1.00. The van der Waals surface area contributed by atoms with Crippen LogP contribution >= 0.6 is 0 Å². The molecule has 0 aromatic rings. The van der Waals surface area contributed by atoms with Crippen molar-refractivity contribution in [3.8, 4) is 0 Å². The molecule has 16 nitrogen and oxygen atoms in total. The van der Waals surface area contributed by atoms with E-state index in [1.54, 1.807) is 0 Å². The minimum absolute atomic E-state index is 0.980. The Hall–Kier alpha value is -0.640. The molecule has 2 saturated heterocycles. The second kappa shape index (κ2) is 9.67. The molecule has 0 radical (unpaired) electrons. The highest BCUT2D eigenvalue weighted by Crippen LogP contribution is 2.46. The van der Waals surface area contributed by atoms with Crippen LogP contribution in [0.5, 0.6) is 0 Å². The zero-order valence-electron chi connectivity index (χ0n) is 17.6. The maximum absolute atomic E-state index is 11.3. The van der Waals surface area contributed by atoms with Crippen molar-refractivity contribution in [3.63, 3.8) is 0 Å². The van der Waals surface area contributed by atoms with E-state index in [9.17, 15) is 71.5 Å². The molecule has 3 fully saturated rings. The smallest absolute Gasteiger partial charge is 0.150 e. The van der Waals surface area contributed by atoms with Crippen LogP contribution in [0.2, 0.25) is 0 Å². The quantitative estimate of drug-likeness (QED) is 0.169. The minimum Gasteiger partial charge on any atom is -0.394 e. The van der Waals surface area contributed by atoms with Gasteiger partial charge < -0.3 is 81.0 Å². The van der Waals surface area contributed by atoms with Crippen LogP contribution in [0.15, 0.2) is 0 Å². The SMILES string of the molecule is OC[C@H]1OC([C@@]2(O)C(O)[C@@](O)(C3O[C@H](CO)[C@H](O)[C@H](O)[C@H]3O)[C@@H](O)C(O)[C@H]2O)[C@H](O)[C@@H](O)[C@H]1O. The average Bonchev–Trinajstić information content (AvgIpc) is 2.82. The molecule has 1 aliphatic carbocycles. The Balaban J connectivity index is 2.09. The highest BCUT2D eigenvalue weighted by atomic mass is 16.6. The van der Waals surface area contributed by atoms with Crippen LogP contribution in [0.1, 0.15) is 0 Å². The molecule has 3 rings (SSSR count). The molecular weight excluding hydrogens is 472 g/mol. The fourth-order valence-electron chi connectivity index (χ4n) is 5.03. The van der Waals surface area contributed by atoms with Crippen LogP contribution in [0.25, 0.3) is 0 Å². The van der Waals surface area contributed by atoms with E-state index in [2.05, 4.69) is 0 Å². The molecule has 14 N–H and O–H groups in total. The summed E-state index contributed by atoms with van der Waals surface area (Å²) in [7, 11) is 0. The second-order valence-corrected chi connectivity index (χ2v) is 9.06. The van der Waals surface area contributed by atoms with E-state index >= 15 is 0 Å². The van der Waals surface area contributed by atoms with Gasteiger partial charge in [-0.05, 0) is 0 Å². The van der Waals surface area contributed by atoms with Gasteiger partial charge in [0, 0.05) is 0 Å². The highest BCUT2D eigenvalue weighted by Gasteiger charge is 2.74. The third-order valence-electron chi connectivity index (χ3n) is 7.17. The number of rotatable bonds is 4. The molecule has 0 amide bonds. The van der Waals surface area contributed by atoms with Gasteiger partial charge in [-0.25, -0.2) is 0 Å². The zero-order valence-corrected chi connectivity index (χ0v) is 17.6. The first-order valence-electron chi connectivity index (χ1n) is 10.5. The predicted molar refractivity (Wildman–Crippen MR) is 101 cm³/mol. The molecule has 2 aliphatic heterocycles. The molecule has 3 aliphatic rings. The number of ether oxygens (including phenoxy) is 2. The Kier molecular flexibility index (Phi) is 7.95. The van der Waals surface area contributed by atoms with Crippen molar-refractivity contribution in [3.05, 3.63) is 0 Å². The van der Waals surface area contributed by atoms with E-state index in [1.165, 1.54) is 0 Å². The van der Waals surface area contributed by atoms with E-state index < -0.39 is 110 Å². The van der Waals surface area contributed by atoms with Gasteiger partial charge in [0.15, 0.2) is 11.2 Å². The molecule has 1 saturated carbocycles. The first kappa shape index (κ1) is 27.9. The third kappa shape index (κ3) is 3.79. The van der Waals surface area contributed by atoms with E-state index in [0.717, 1.165) is 0 Å². The summed E-state index contributed by atoms with van der Waals surface area (Å²) in [6, 6.07) is 0. The monoisotopic (exact) mass is 504 g/mol. The predicted octanol–water partition coefficient (Wildman–Crippen LogP) is -9.41. The molecule has 0 aromatic carbocycles. The van der Waals surface area contributed by atoms with Gasteiger partial charge in [-0.3, -0.25) is 0 Å². The van der Waals surface area contributed by atoms with Gasteiger partial charge in [-0.15, -0.1) is 0 Å². The summed E-state index contributed by atoms with van der Waals surface area (Å²) in [5.74, 6) is 0. The Morgan fingerprint density at radius 1 is 0.471 bits per heavy atom. The van der Waals surface area contributed by atoms with E-state index in [1.807, 2.05) is 0 Å². The Labute approximate surface area is 191 Å². The van der Waals surface area contributed by atoms with Crippen molar-refractivity contribution in [1.29, 1.82) is 0 Å². The van der Waals surface area contributed by atoms with Gasteiger partial charge >= 0.3 is 0 Å². The molecule has 0 bridgehead atoms. The van der Waals surface area contributed by atoms with Gasteiger partial charge in [0.1, 0.15) is 85.5 Å². The first-order chi connectivity index (χ1) is 15.7. The van der Waals surface area contributed by atoms with Crippen molar-refractivity contribution in [2.75, 3.05) is 13.2 Å². The molecule has 0 spiro atoms. The third-order valence-corrected chi connectivity index (χ3v) is 7.17. The second-order valence-electron chi connectivity index (χ2n) is 9.06. The summed E-state index contributed by atoms with van der Waals surface area (Å²) in [6.07, 6.45) is -31.3. The summed E-state index contributed by atoms with van der Waals surface area (Å²) in [5.41, 5.74) is -6.75. The molecule has 16 atom stereocenters. The van der Waals surface area contributed by atoms with Gasteiger partial charge in [-0.1, -0.05) is 0 Å². The lowest BCUT2D eigenvalue weighted by atomic mass is 9.60. The molecular formula is C18H32O16. The first-order valence-corrected chi connectivity index (χ1v) is 10.5. The largest absolute Gasteiger partial charge is 0.394 e. The minimum atomic E-state index is -3.37. The number of hydrogen-bond acceptors (Lipinski definition) is 16. The Morgan fingerprint density at radius 3 is 1.09 bits per heavy atom. The molecule has 16 heteroatoms. The number of hydrogen-bond donors (Lipinski definition) is 14. The Morgan fingerprint density at radius 2 is 0.794 bits per heavy atom. The summed E-state index contributed by atoms with van der Waals surface area (Å²) in [6.45, 7) is -1.96. The maximum atomic E-state index is 11.3. The van der Waals surface area contributed by atoms with Crippen LogP contribution in [-0.2, 0) is 9.47 Å². The van der Waals surface area contributed by atoms with Crippen LogP contribution in [0.3, 0.4) is 0 Å². The van der Waals surface area contributed by atoms with Gasteiger partial charge in [0.25, 0.3) is 0 Å². The number of aliphatic hydroxyl groups excluding tert-OH is 12. The lowest BCUT2D eigenvalue weighted by Crippen LogP contribution is -2.86. The van der Waals surface area contributed by atoms with Crippen molar-refractivity contribution in [2.45, 2.75) is 96.7 Å². The zero-order chi connectivity index (χ0) is 25.9. The van der Waals surface area contributed by atoms with E-state index in [0.29, 0.717) is 0 Å². The van der Waals surface area contributed by atoms with Crippen molar-refractivity contribution in [2.24, 2.45) is 0 Å². The average molecular weight is 504 g/mol. The van der Waals surface area contributed by atoms with Crippen molar-refractivity contribution < 1.29 is 81.0 Å². The van der Waals surface area contributed by atoms with E-state index in [4.69, 9.17) is 9.47 Å². The lowest BCUT2D eigenvalue weighted by Gasteiger charge is -2.60. The summed E-state index contributed by atoms with van der Waals surface area (Å²) >= 11 is 0. The summed E-state index contributed by atoms with van der Waals surface area (Å²) in [4.78, 5) is 0. The highest BCUT2D eigenvalue weighted by molar-refractivity contribution is 5.23. The standard InChI is InChI=1S/C18H32O16/c19-1-3-5(21)7(23)9(25)14(33-3)17(31)12(28)11(27)13(29)18(32,16(17)30)15-10(26)8(24)6(22)4(2-20)34-15/h3-16,19-32H,1-2H2/t3-,4-,5+,6+,7+,8+,9-,10-,11?,12-,13+,14?,15?,16?,17-,18+/m1/s1. The van der Waals surface area contributed by atoms with Crippen LogP contribution in [0.4, 0.5) is 0 Å². The summed E-state index contributed by atoms with van der Waals surface area (Å²) < 4.78 is 10.3. The van der Waals surface area contributed by atoms with Crippen molar-refractivity contribution in [1.82, 2.24) is 0 Å². The van der Waals surface area contributed by atoms with E-state index in [-0.39, 0.29) is 0 Å². The molecule has 4 unspecified atom stereocenters. The molecule has 2 heterocycles. The van der Waals surface area contributed by atoms with Crippen LogP contribution < -0.4 is 0 Å². The Bertz CT molecular complexity index is 653. The van der Waals surface area contributed by atoms with Crippen molar-refractivity contribution >= 4 is 0 Å². The normalized spacial score (nSPS) is 59.1. The van der Waals surface area contributed by atoms with Gasteiger partial charge in [-0.2, -0.15) is 0 Å². The van der Waals surface area contributed by atoms with Gasteiger partial charge in [0.05, 0.1) is 13.2 Å². The fourth-order valence-corrected chi connectivity index (χ4v) is 5.03.